The number of aliphatic imine (C=N–C) groups is 1. The molecule has 7 nitrogen and oxygen atoms in total. The first kappa shape index (κ1) is 21.9. The van der Waals surface area contributed by atoms with Gasteiger partial charge in [0.1, 0.15) is 0 Å². The van der Waals surface area contributed by atoms with Gasteiger partial charge in [0.2, 0.25) is 0 Å². The number of hydrogen-bond donors (Lipinski definition) is 2. The topological polar surface area (TPSA) is 88.8 Å². The molecule has 0 aliphatic carbocycles. The van der Waals surface area contributed by atoms with E-state index in [1.807, 2.05) is 6.26 Å². The zero-order valence-corrected chi connectivity index (χ0v) is 16.4. The van der Waals surface area contributed by atoms with E-state index in [0.29, 0.717) is 25.7 Å². The predicted molar refractivity (Wildman–Crippen MR) is 106 cm³/mol. The minimum Gasteiger partial charge on any atom is -0.383 e. The van der Waals surface area contributed by atoms with Crippen LogP contribution in [0.5, 0.6) is 0 Å². The summed E-state index contributed by atoms with van der Waals surface area (Å²) in [5, 5.41) is 17.0. The van der Waals surface area contributed by atoms with Crippen LogP contribution in [-0.4, -0.2) is 49.7 Å². The number of rotatable bonds is 9. The minimum atomic E-state index is -0.408. The van der Waals surface area contributed by atoms with Gasteiger partial charge in [0.15, 0.2) is 5.96 Å². The first-order valence-corrected chi connectivity index (χ1v) is 8.30. The van der Waals surface area contributed by atoms with Crippen molar-refractivity contribution in [2.45, 2.75) is 6.54 Å². The standard InChI is InChI=1S/C14H22N4O3S.HI/c1-21-9-7-15-14(16-8-10-22-2)17-11-12-3-5-13(6-4-12)18(19)20;/h3-6H,7-11H2,1-2H3,(H2,15,16,17);1H. The minimum absolute atomic E-state index is 0. The Morgan fingerprint density at radius 3 is 2.52 bits per heavy atom. The molecule has 0 atom stereocenters. The number of hydrogen-bond acceptors (Lipinski definition) is 5. The number of methoxy groups -OCH3 is 1. The Hall–Kier alpha value is -1.07. The van der Waals surface area contributed by atoms with E-state index in [4.69, 9.17) is 4.74 Å². The molecule has 0 unspecified atom stereocenters. The second-order valence-corrected chi connectivity index (χ2v) is 5.41. The third-order valence-corrected chi connectivity index (χ3v) is 3.38. The molecule has 0 saturated carbocycles. The summed E-state index contributed by atoms with van der Waals surface area (Å²) in [6.45, 7) is 2.54. The lowest BCUT2D eigenvalue weighted by atomic mass is 10.2. The van der Waals surface area contributed by atoms with Crippen LogP contribution in [0.2, 0.25) is 0 Å². The highest BCUT2D eigenvalue weighted by Crippen LogP contribution is 2.12. The van der Waals surface area contributed by atoms with Gasteiger partial charge in [-0.25, -0.2) is 4.99 Å². The lowest BCUT2D eigenvalue weighted by molar-refractivity contribution is -0.384. The Labute approximate surface area is 157 Å². The largest absolute Gasteiger partial charge is 0.383 e. The summed E-state index contributed by atoms with van der Waals surface area (Å²) in [5.74, 6) is 1.70. The Kier molecular flexibility index (Phi) is 12.8. The van der Waals surface area contributed by atoms with Gasteiger partial charge in [0.05, 0.1) is 18.1 Å². The SMILES string of the molecule is COCCNC(=NCc1ccc([N+](=O)[O-])cc1)NCCSC.I. The number of nitro benzene ring substituents is 1. The number of nitrogens with zero attached hydrogens (tertiary/aromatic N) is 2. The van der Waals surface area contributed by atoms with Gasteiger partial charge in [-0.15, -0.1) is 24.0 Å². The van der Waals surface area contributed by atoms with Crippen LogP contribution in [0, 0.1) is 10.1 Å². The average molecular weight is 454 g/mol. The molecule has 130 valence electrons. The highest BCUT2D eigenvalue weighted by molar-refractivity contribution is 14.0. The second kappa shape index (κ2) is 13.4. The number of nitrogens with one attached hydrogen (secondary N) is 2. The molecule has 0 amide bonds. The van der Waals surface area contributed by atoms with Crippen molar-refractivity contribution in [3.05, 3.63) is 39.9 Å². The Morgan fingerprint density at radius 2 is 1.96 bits per heavy atom. The van der Waals surface area contributed by atoms with Gasteiger partial charge in [-0.2, -0.15) is 11.8 Å². The van der Waals surface area contributed by atoms with Crippen LogP contribution in [0.3, 0.4) is 0 Å². The third kappa shape index (κ3) is 9.61. The van der Waals surface area contributed by atoms with Gasteiger partial charge < -0.3 is 15.4 Å². The van der Waals surface area contributed by atoms with E-state index in [2.05, 4.69) is 15.6 Å². The normalized spacial score (nSPS) is 10.8. The van der Waals surface area contributed by atoms with Crippen LogP contribution in [0.15, 0.2) is 29.3 Å². The van der Waals surface area contributed by atoms with Gasteiger partial charge in [-0.05, 0) is 11.8 Å². The van der Waals surface area contributed by atoms with Crippen molar-refractivity contribution < 1.29 is 9.66 Å². The fourth-order valence-electron chi connectivity index (χ4n) is 1.61. The van der Waals surface area contributed by atoms with Crippen molar-refractivity contribution in [3.8, 4) is 0 Å². The molecular formula is C14H23IN4O3S. The van der Waals surface area contributed by atoms with Crippen molar-refractivity contribution in [3.63, 3.8) is 0 Å². The van der Waals surface area contributed by atoms with E-state index in [9.17, 15) is 10.1 Å². The summed E-state index contributed by atoms with van der Waals surface area (Å²) in [6.07, 6.45) is 2.05. The summed E-state index contributed by atoms with van der Waals surface area (Å²) in [7, 11) is 1.65. The molecule has 9 heteroatoms. The number of benzene rings is 1. The molecule has 1 aromatic rings. The average Bonchev–Trinajstić information content (AvgIpc) is 2.53. The molecule has 0 spiro atoms. The molecule has 0 saturated heterocycles. The van der Waals surface area contributed by atoms with Crippen molar-refractivity contribution in [1.82, 2.24) is 10.6 Å². The van der Waals surface area contributed by atoms with Crippen molar-refractivity contribution in [2.24, 2.45) is 4.99 Å². The van der Waals surface area contributed by atoms with Crippen LogP contribution in [-0.2, 0) is 11.3 Å². The molecule has 1 rings (SSSR count). The first-order chi connectivity index (χ1) is 10.7. The molecule has 0 heterocycles. The summed E-state index contributed by atoms with van der Waals surface area (Å²) in [4.78, 5) is 14.7. The molecule has 2 N–H and O–H groups in total. The lowest BCUT2D eigenvalue weighted by Crippen LogP contribution is -2.40. The van der Waals surface area contributed by atoms with Crippen LogP contribution in [0.4, 0.5) is 5.69 Å². The van der Waals surface area contributed by atoms with E-state index in [-0.39, 0.29) is 29.7 Å². The molecule has 0 aliphatic rings. The molecule has 0 bridgehead atoms. The van der Waals surface area contributed by atoms with E-state index in [1.54, 1.807) is 31.0 Å². The third-order valence-electron chi connectivity index (χ3n) is 2.76. The number of halogens is 1. The van der Waals surface area contributed by atoms with Gasteiger partial charge in [0.25, 0.3) is 5.69 Å². The highest BCUT2D eigenvalue weighted by Gasteiger charge is 2.04. The molecule has 0 aliphatic heterocycles. The number of ether oxygens (including phenoxy) is 1. The lowest BCUT2D eigenvalue weighted by Gasteiger charge is -2.12. The fraction of sp³-hybridized carbons (Fsp3) is 0.500. The molecule has 0 fully saturated rings. The maximum atomic E-state index is 10.6. The van der Waals surface area contributed by atoms with Crippen molar-refractivity contribution in [1.29, 1.82) is 0 Å². The highest BCUT2D eigenvalue weighted by atomic mass is 127. The fourth-order valence-corrected chi connectivity index (χ4v) is 1.92. The molecule has 0 aromatic heterocycles. The van der Waals surface area contributed by atoms with Crippen LogP contribution < -0.4 is 10.6 Å². The van der Waals surface area contributed by atoms with Crippen LogP contribution in [0.25, 0.3) is 0 Å². The summed E-state index contributed by atoms with van der Waals surface area (Å²) >= 11 is 1.76. The van der Waals surface area contributed by atoms with Crippen molar-refractivity contribution in [2.75, 3.05) is 38.8 Å². The number of guanidine groups is 1. The Morgan fingerprint density at radius 1 is 1.30 bits per heavy atom. The summed E-state index contributed by atoms with van der Waals surface area (Å²) in [5.41, 5.74) is 1.01. The molecule has 23 heavy (non-hydrogen) atoms. The van der Waals surface area contributed by atoms with Crippen molar-refractivity contribution >= 4 is 47.4 Å². The number of nitro groups is 1. The van der Waals surface area contributed by atoms with E-state index < -0.39 is 4.92 Å². The van der Waals surface area contributed by atoms with E-state index in [1.165, 1.54) is 12.1 Å². The van der Waals surface area contributed by atoms with Gasteiger partial charge in [-0.3, -0.25) is 10.1 Å². The maximum Gasteiger partial charge on any atom is 0.269 e. The van der Waals surface area contributed by atoms with Gasteiger partial charge >= 0.3 is 0 Å². The molecular weight excluding hydrogens is 431 g/mol. The predicted octanol–water partition coefficient (Wildman–Crippen LogP) is 2.26. The maximum absolute atomic E-state index is 10.6. The monoisotopic (exact) mass is 454 g/mol. The van der Waals surface area contributed by atoms with Crippen LogP contribution >= 0.6 is 35.7 Å². The second-order valence-electron chi connectivity index (χ2n) is 4.43. The Bertz CT molecular complexity index is 473. The number of thioether (sulfide) groups is 1. The number of non-ortho nitro benzene ring substituents is 1. The van der Waals surface area contributed by atoms with Gasteiger partial charge in [-0.1, -0.05) is 12.1 Å². The van der Waals surface area contributed by atoms with Gasteiger partial charge in [0, 0.05) is 38.1 Å². The van der Waals surface area contributed by atoms with E-state index >= 15 is 0 Å². The Balaban J connectivity index is 0.00000484. The quantitative estimate of drug-likeness (QED) is 0.149. The van der Waals surface area contributed by atoms with Crippen LogP contribution in [0.1, 0.15) is 5.56 Å². The first-order valence-electron chi connectivity index (χ1n) is 6.90. The zero-order valence-electron chi connectivity index (χ0n) is 13.3. The summed E-state index contributed by atoms with van der Waals surface area (Å²) < 4.78 is 5.00. The zero-order chi connectivity index (χ0) is 16.2. The molecule has 0 radical (unpaired) electrons. The smallest absolute Gasteiger partial charge is 0.269 e. The summed E-state index contributed by atoms with van der Waals surface area (Å²) in [6, 6.07) is 6.42. The van der Waals surface area contributed by atoms with E-state index in [0.717, 1.165) is 17.9 Å². The molecule has 1 aromatic carbocycles.